The van der Waals surface area contributed by atoms with Gasteiger partial charge in [0.15, 0.2) is 11.9 Å². The van der Waals surface area contributed by atoms with E-state index in [9.17, 15) is 0 Å². The lowest BCUT2D eigenvalue weighted by Crippen LogP contribution is -2.30. The SMILES string of the molecule is [C-]#[N+]c1cc(C)c2oc3c(-c4cccc[n+]4C)c(C)cc(CC(C)C)c3c2c1. The van der Waals surface area contributed by atoms with Crippen molar-refractivity contribution in [2.75, 3.05) is 0 Å². The van der Waals surface area contributed by atoms with Crippen molar-refractivity contribution in [2.24, 2.45) is 13.0 Å². The van der Waals surface area contributed by atoms with Gasteiger partial charge in [0.1, 0.15) is 18.2 Å². The van der Waals surface area contributed by atoms with Crippen LogP contribution in [0, 0.1) is 26.3 Å². The zero-order valence-corrected chi connectivity index (χ0v) is 17.1. The van der Waals surface area contributed by atoms with Crippen LogP contribution in [0.25, 0.3) is 38.0 Å². The van der Waals surface area contributed by atoms with Crippen molar-refractivity contribution in [3.8, 4) is 11.3 Å². The largest absolute Gasteiger partial charge is 0.455 e. The van der Waals surface area contributed by atoms with E-state index in [2.05, 4.69) is 61.6 Å². The zero-order chi connectivity index (χ0) is 20.0. The zero-order valence-electron chi connectivity index (χ0n) is 17.1. The number of rotatable bonds is 3. The summed E-state index contributed by atoms with van der Waals surface area (Å²) in [5.74, 6) is 0.538. The summed E-state index contributed by atoms with van der Waals surface area (Å²) in [5.41, 5.74) is 8.26. The van der Waals surface area contributed by atoms with Crippen molar-refractivity contribution < 1.29 is 8.98 Å². The minimum Gasteiger partial charge on any atom is -0.455 e. The molecule has 4 aromatic rings. The molecule has 0 radical (unpaired) electrons. The maximum Gasteiger partial charge on any atom is 0.216 e. The Bertz CT molecular complexity index is 1260. The summed E-state index contributed by atoms with van der Waals surface area (Å²) >= 11 is 0. The summed E-state index contributed by atoms with van der Waals surface area (Å²) in [4.78, 5) is 3.68. The molecule has 0 aliphatic carbocycles. The van der Waals surface area contributed by atoms with Gasteiger partial charge in [-0.15, -0.1) is 0 Å². The molecule has 28 heavy (non-hydrogen) atoms. The van der Waals surface area contributed by atoms with E-state index < -0.39 is 0 Å². The number of benzene rings is 2. The molecule has 0 spiro atoms. The van der Waals surface area contributed by atoms with Gasteiger partial charge in [0.25, 0.3) is 0 Å². The Morgan fingerprint density at radius 1 is 1.07 bits per heavy atom. The van der Waals surface area contributed by atoms with Crippen LogP contribution >= 0.6 is 0 Å². The number of fused-ring (bicyclic) bond motifs is 3. The number of aromatic nitrogens is 1. The van der Waals surface area contributed by atoms with Crippen molar-refractivity contribution in [2.45, 2.75) is 34.1 Å². The van der Waals surface area contributed by atoms with E-state index in [1.807, 2.05) is 25.1 Å². The lowest BCUT2D eigenvalue weighted by Gasteiger charge is -2.12. The predicted octanol–water partition coefficient (Wildman–Crippen LogP) is 6.44. The lowest BCUT2D eigenvalue weighted by atomic mass is 9.91. The molecule has 0 fully saturated rings. The van der Waals surface area contributed by atoms with Gasteiger partial charge < -0.3 is 4.42 Å². The number of pyridine rings is 1. The van der Waals surface area contributed by atoms with Gasteiger partial charge in [-0.3, -0.25) is 0 Å². The van der Waals surface area contributed by atoms with Crippen molar-refractivity contribution in [1.29, 1.82) is 0 Å². The highest BCUT2D eigenvalue weighted by molar-refractivity contribution is 6.13. The predicted molar refractivity (Wildman–Crippen MR) is 115 cm³/mol. The second-order valence-corrected chi connectivity index (χ2v) is 8.08. The van der Waals surface area contributed by atoms with Crippen LogP contribution < -0.4 is 4.57 Å². The molecule has 0 unspecified atom stereocenters. The highest BCUT2D eigenvalue weighted by Crippen LogP contribution is 2.42. The maximum atomic E-state index is 7.47. The molecule has 0 amide bonds. The van der Waals surface area contributed by atoms with Crippen LogP contribution in [0.2, 0.25) is 0 Å². The van der Waals surface area contributed by atoms with Crippen LogP contribution in [-0.2, 0) is 13.5 Å². The molecule has 2 heterocycles. The molecule has 0 saturated heterocycles. The molecule has 0 atom stereocenters. The van der Waals surface area contributed by atoms with Gasteiger partial charge in [0, 0.05) is 22.9 Å². The quantitative estimate of drug-likeness (QED) is 0.301. The van der Waals surface area contributed by atoms with Crippen LogP contribution in [0.1, 0.15) is 30.5 Å². The van der Waals surface area contributed by atoms with E-state index in [0.29, 0.717) is 11.6 Å². The molecule has 2 aromatic carbocycles. The maximum absolute atomic E-state index is 7.47. The summed E-state index contributed by atoms with van der Waals surface area (Å²) in [7, 11) is 2.06. The Kier molecular flexibility index (Phi) is 4.43. The van der Waals surface area contributed by atoms with E-state index >= 15 is 0 Å². The molecule has 140 valence electrons. The highest BCUT2D eigenvalue weighted by atomic mass is 16.3. The van der Waals surface area contributed by atoms with Crippen molar-refractivity contribution in [3.05, 3.63) is 70.7 Å². The highest BCUT2D eigenvalue weighted by Gasteiger charge is 2.23. The first-order chi connectivity index (χ1) is 13.4. The van der Waals surface area contributed by atoms with Gasteiger partial charge >= 0.3 is 0 Å². The Balaban J connectivity index is 2.20. The number of nitrogens with zero attached hydrogens (tertiary/aromatic N) is 2. The third-order valence-corrected chi connectivity index (χ3v) is 5.36. The average molecular weight is 369 g/mol. The first kappa shape index (κ1) is 18.3. The van der Waals surface area contributed by atoms with Crippen molar-refractivity contribution >= 4 is 27.6 Å². The van der Waals surface area contributed by atoms with E-state index in [-0.39, 0.29) is 0 Å². The van der Waals surface area contributed by atoms with E-state index in [1.54, 1.807) is 0 Å². The fraction of sp³-hybridized carbons (Fsp3) is 0.280. The minimum atomic E-state index is 0.538. The van der Waals surface area contributed by atoms with Crippen LogP contribution in [0.3, 0.4) is 0 Å². The molecular formula is C25H25N2O+. The Morgan fingerprint density at radius 3 is 2.54 bits per heavy atom. The lowest BCUT2D eigenvalue weighted by molar-refractivity contribution is -0.660. The molecule has 0 N–H and O–H groups in total. The Morgan fingerprint density at radius 2 is 1.86 bits per heavy atom. The molecule has 3 nitrogen and oxygen atoms in total. The third kappa shape index (κ3) is 2.86. The van der Waals surface area contributed by atoms with Crippen LogP contribution in [0.4, 0.5) is 5.69 Å². The second kappa shape index (κ2) is 6.80. The fourth-order valence-electron chi connectivity index (χ4n) is 4.20. The number of aryl methyl sites for hydroxylation is 3. The van der Waals surface area contributed by atoms with Crippen LogP contribution in [-0.4, -0.2) is 0 Å². The smallest absolute Gasteiger partial charge is 0.216 e. The van der Waals surface area contributed by atoms with Crippen LogP contribution in [0.5, 0.6) is 0 Å². The number of hydrogen-bond donors (Lipinski definition) is 0. The van der Waals surface area contributed by atoms with E-state index in [4.69, 9.17) is 11.0 Å². The summed E-state index contributed by atoms with van der Waals surface area (Å²) in [5, 5.41) is 2.21. The minimum absolute atomic E-state index is 0.538. The van der Waals surface area contributed by atoms with Crippen LogP contribution in [0.15, 0.2) is 47.0 Å². The van der Waals surface area contributed by atoms with Gasteiger partial charge in [0.05, 0.1) is 12.1 Å². The Hall–Kier alpha value is -3.12. The average Bonchev–Trinajstić information content (AvgIpc) is 3.02. The van der Waals surface area contributed by atoms with Gasteiger partial charge in [0.2, 0.25) is 5.69 Å². The van der Waals surface area contributed by atoms with Gasteiger partial charge in [-0.05, 0) is 61.1 Å². The van der Waals surface area contributed by atoms with Crippen molar-refractivity contribution in [1.82, 2.24) is 0 Å². The Labute approximate surface area is 166 Å². The van der Waals surface area contributed by atoms with Gasteiger partial charge in [-0.25, -0.2) is 9.41 Å². The molecule has 0 saturated carbocycles. The molecular weight excluding hydrogens is 344 g/mol. The van der Waals surface area contributed by atoms with E-state index in [1.165, 1.54) is 11.1 Å². The third-order valence-electron chi connectivity index (χ3n) is 5.36. The molecule has 4 rings (SSSR count). The molecule has 0 aliphatic heterocycles. The second-order valence-electron chi connectivity index (χ2n) is 8.08. The molecule has 0 aliphatic rings. The van der Waals surface area contributed by atoms with Gasteiger partial charge in [-0.1, -0.05) is 19.9 Å². The normalized spacial score (nSPS) is 11.5. The number of furan rings is 1. The molecule has 2 aromatic heterocycles. The summed E-state index contributed by atoms with van der Waals surface area (Å²) < 4.78 is 8.64. The fourth-order valence-corrected chi connectivity index (χ4v) is 4.20. The topological polar surface area (TPSA) is 21.4 Å². The van der Waals surface area contributed by atoms with E-state index in [0.717, 1.165) is 45.2 Å². The van der Waals surface area contributed by atoms with Crippen molar-refractivity contribution in [3.63, 3.8) is 0 Å². The molecule has 3 heteroatoms. The first-order valence-electron chi connectivity index (χ1n) is 9.72. The standard InChI is InChI=1S/C25H25N2O/c1-15(2)11-18-12-16(3)22(21-9-7-8-10-27(21)6)25-23(18)20-14-19(26-5)13-17(4)24(20)28-25/h7-10,12-15H,11H2,1-4,6H3/q+1. The van der Waals surface area contributed by atoms with Gasteiger partial charge in [-0.2, -0.15) is 0 Å². The summed E-state index contributed by atoms with van der Waals surface area (Å²) in [6, 6.07) is 12.4. The number of hydrogen-bond acceptors (Lipinski definition) is 1. The first-order valence-corrected chi connectivity index (χ1v) is 9.72. The monoisotopic (exact) mass is 369 g/mol. The summed E-state index contributed by atoms with van der Waals surface area (Å²) in [6.45, 7) is 16.1. The molecule has 0 bridgehead atoms. The summed E-state index contributed by atoms with van der Waals surface area (Å²) in [6.07, 6.45) is 3.04.